The maximum Gasteiger partial charge on any atom is 0.386 e. The lowest BCUT2D eigenvalue weighted by Gasteiger charge is -2.18. The van der Waals surface area contributed by atoms with Crippen LogP contribution in [0.3, 0.4) is 0 Å². The molecule has 1 radical (unpaired) electrons. The Balaban J connectivity index is 3.13. The minimum Gasteiger partial charge on any atom is -0.242 e. The fourth-order valence-corrected chi connectivity index (χ4v) is 1.11. The lowest BCUT2D eigenvalue weighted by atomic mass is 9.86. The summed E-state index contributed by atoms with van der Waals surface area (Å²) in [7, 11) is 0. The molecule has 1 aromatic carbocycles. The second-order valence-electron chi connectivity index (χ2n) is 4.12. The maximum atomic E-state index is 10.6. The van der Waals surface area contributed by atoms with Gasteiger partial charge < -0.3 is 0 Å². The summed E-state index contributed by atoms with van der Waals surface area (Å²) in [6.45, 7) is 6.13. The van der Waals surface area contributed by atoms with Gasteiger partial charge in [0.25, 0.3) is 0 Å². The van der Waals surface area contributed by atoms with E-state index in [1.165, 1.54) is 0 Å². The molecule has 0 bridgehead atoms. The molecule has 0 heterocycles. The van der Waals surface area contributed by atoms with Crippen molar-refractivity contribution in [1.29, 1.82) is 0 Å². The fourth-order valence-electron chi connectivity index (χ4n) is 1.11. The Kier molecular flexibility index (Phi) is 2.41. The van der Waals surface area contributed by atoms with Gasteiger partial charge >= 0.3 is 5.97 Å². The highest BCUT2D eigenvalue weighted by molar-refractivity contribution is 5.87. The lowest BCUT2D eigenvalue weighted by molar-refractivity contribution is 0.0573. The lowest BCUT2D eigenvalue weighted by Crippen LogP contribution is -2.11. The van der Waals surface area contributed by atoms with E-state index in [9.17, 15) is 9.90 Å². The Morgan fingerprint density at radius 3 is 2.31 bits per heavy atom. The molecular formula is C11H13O2. The maximum absolute atomic E-state index is 10.6. The molecular weight excluding hydrogens is 164 g/mol. The molecule has 0 spiro atoms. The molecule has 0 aromatic heterocycles. The molecule has 0 fully saturated rings. The summed E-state index contributed by atoms with van der Waals surface area (Å²) in [6, 6.07) is 6.87. The van der Waals surface area contributed by atoms with Gasteiger partial charge in [0.05, 0.1) is 5.56 Å². The van der Waals surface area contributed by atoms with E-state index in [2.05, 4.69) is 0 Å². The number of carbonyl (C=O) groups is 1. The topological polar surface area (TPSA) is 37.0 Å². The molecule has 2 nitrogen and oxygen atoms in total. The van der Waals surface area contributed by atoms with Crippen LogP contribution in [0.5, 0.6) is 0 Å². The van der Waals surface area contributed by atoms with Gasteiger partial charge in [-0.2, -0.15) is 0 Å². The van der Waals surface area contributed by atoms with Gasteiger partial charge in [0.1, 0.15) is 0 Å². The molecule has 0 atom stereocenters. The van der Waals surface area contributed by atoms with Crippen LogP contribution in [0.2, 0.25) is 0 Å². The van der Waals surface area contributed by atoms with Crippen LogP contribution in [0.1, 0.15) is 36.7 Å². The predicted octanol–water partition coefficient (Wildman–Crippen LogP) is 2.55. The highest BCUT2D eigenvalue weighted by Crippen LogP contribution is 2.22. The Labute approximate surface area is 78.2 Å². The third-order valence-corrected chi connectivity index (χ3v) is 1.96. The average Bonchev–Trinajstić information content (AvgIpc) is 2.03. The molecule has 0 aliphatic carbocycles. The molecule has 0 unspecified atom stereocenters. The van der Waals surface area contributed by atoms with Gasteiger partial charge in [-0.1, -0.05) is 32.9 Å². The SMILES string of the molecule is CC(C)(C)c1cccc(C([O])=O)c1. The Hall–Kier alpha value is -1.31. The molecule has 13 heavy (non-hydrogen) atoms. The van der Waals surface area contributed by atoms with E-state index >= 15 is 0 Å². The summed E-state index contributed by atoms with van der Waals surface area (Å²) in [4.78, 5) is 10.6. The number of hydrogen-bond acceptors (Lipinski definition) is 1. The van der Waals surface area contributed by atoms with Crippen LogP contribution in [0.15, 0.2) is 24.3 Å². The summed E-state index contributed by atoms with van der Waals surface area (Å²) in [6.07, 6.45) is 0. The van der Waals surface area contributed by atoms with Gasteiger partial charge in [-0.05, 0) is 23.1 Å². The van der Waals surface area contributed by atoms with E-state index in [-0.39, 0.29) is 11.0 Å². The zero-order valence-electron chi connectivity index (χ0n) is 8.13. The third-order valence-electron chi connectivity index (χ3n) is 1.96. The number of hydrogen-bond donors (Lipinski definition) is 0. The quantitative estimate of drug-likeness (QED) is 0.649. The second kappa shape index (κ2) is 3.21. The van der Waals surface area contributed by atoms with Crippen LogP contribution in [0.4, 0.5) is 0 Å². The molecule has 2 heteroatoms. The number of benzene rings is 1. The summed E-state index contributed by atoms with van der Waals surface area (Å²) in [5, 5.41) is 10.6. The molecule has 0 N–H and O–H groups in total. The van der Waals surface area contributed by atoms with Gasteiger partial charge in [-0.3, -0.25) is 0 Å². The van der Waals surface area contributed by atoms with Crippen molar-refractivity contribution in [2.45, 2.75) is 26.2 Å². The number of carbonyl (C=O) groups excluding carboxylic acids is 1. The molecule has 0 aliphatic rings. The monoisotopic (exact) mass is 177 g/mol. The summed E-state index contributed by atoms with van der Waals surface area (Å²) in [5.74, 6) is -1.12. The van der Waals surface area contributed by atoms with E-state index in [1.54, 1.807) is 18.2 Å². The highest BCUT2D eigenvalue weighted by atomic mass is 16.4. The first-order chi connectivity index (χ1) is 5.91. The van der Waals surface area contributed by atoms with Crippen LogP contribution in [-0.4, -0.2) is 5.97 Å². The summed E-state index contributed by atoms with van der Waals surface area (Å²) >= 11 is 0. The first kappa shape index (κ1) is 9.78. The molecule has 1 rings (SSSR count). The summed E-state index contributed by atoms with van der Waals surface area (Å²) < 4.78 is 0. The van der Waals surface area contributed by atoms with Gasteiger partial charge in [0, 0.05) is 0 Å². The van der Waals surface area contributed by atoms with E-state index in [0.717, 1.165) is 5.56 Å². The fraction of sp³-hybridized carbons (Fsp3) is 0.364. The van der Waals surface area contributed by atoms with Crippen LogP contribution in [-0.2, 0) is 10.5 Å². The first-order valence-corrected chi connectivity index (χ1v) is 4.23. The van der Waals surface area contributed by atoms with Crippen LogP contribution in [0.25, 0.3) is 0 Å². The molecule has 1 aromatic rings. The zero-order valence-corrected chi connectivity index (χ0v) is 8.13. The van der Waals surface area contributed by atoms with Crippen molar-refractivity contribution in [3.05, 3.63) is 35.4 Å². The predicted molar refractivity (Wildman–Crippen MR) is 50.2 cm³/mol. The minimum absolute atomic E-state index is 0.0224. The first-order valence-electron chi connectivity index (χ1n) is 4.23. The zero-order chi connectivity index (χ0) is 10.1. The Bertz CT molecular complexity index is 321. The van der Waals surface area contributed by atoms with Crippen molar-refractivity contribution < 1.29 is 9.90 Å². The second-order valence-corrected chi connectivity index (χ2v) is 4.12. The van der Waals surface area contributed by atoms with Gasteiger partial charge in [0.2, 0.25) is 0 Å². The highest BCUT2D eigenvalue weighted by Gasteiger charge is 2.15. The smallest absolute Gasteiger partial charge is 0.242 e. The average molecular weight is 177 g/mol. The van der Waals surface area contributed by atoms with Crippen molar-refractivity contribution >= 4 is 5.97 Å². The van der Waals surface area contributed by atoms with E-state index in [4.69, 9.17) is 0 Å². The van der Waals surface area contributed by atoms with Crippen molar-refractivity contribution in [3.8, 4) is 0 Å². The van der Waals surface area contributed by atoms with Gasteiger partial charge in [-0.25, -0.2) is 9.90 Å². The molecule has 0 amide bonds. The van der Waals surface area contributed by atoms with E-state index < -0.39 is 5.97 Å². The molecule has 69 valence electrons. The standard InChI is InChI=1S/C11H13O2/c1-11(2,3)9-6-4-5-8(7-9)10(12)13/h4-7H,1-3H3. The van der Waals surface area contributed by atoms with Crippen LogP contribution < -0.4 is 0 Å². The van der Waals surface area contributed by atoms with Crippen LogP contribution in [0, 0.1) is 0 Å². The normalized spacial score (nSPS) is 11.3. The molecule has 0 aliphatic heterocycles. The van der Waals surface area contributed by atoms with Crippen molar-refractivity contribution in [3.63, 3.8) is 0 Å². The Morgan fingerprint density at radius 2 is 1.85 bits per heavy atom. The van der Waals surface area contributed by atoms with Crippen LogP contribution >= 0.6 is 0 Å². The summed E-state index contributed by atoms with van der Waals surface area (Å²) in [5.41, 5.74) is 1.23. The molecule has 0 saturated heterocycles. The van der Waals surface area contributed by atoms with E-state index in [1.807, 2.05) is 26.8 Å². The minimum atomic E-state index is -1.12. The Morgan fingerprint density at radius 1 is 1.23 bits per heavy atom. The van der Waals surface area contributed by atoms with Gasteiger partial charge in [-0.15, -0.1) is 0 Å². The largest absolute Gasteiger partial charge is 0.386 e. The van der Waals surface area contributed by atoms with Crippen molar-refractivity contribution in [2.24, 2.45) is 0 Å². The third kappa shape index (κ3) is 2.31. The molecule has 0 saturated carbocycles. The van der Waals surface area contributed by atoms with E-state index in [0.29, 0.717) is 0 Å². The van der Waals surface area contributed by atoms with Crippen molar-refractivity contribution in [2.75, 3.05) is 0 Å². The number of rotatable bonds is 1. The van der Waals surface area contributed by atoms with Gasteiger partial charge in [0.15, 0.2) is 0 Å². The van der Waals surface area contributed by atoms with Crippen molar-refractivity contribution in [1.82, 2.24) is 0 Å².